The maximum absolute atomic E-state index is 11.6. The van der Waals surface area contributed by atoms with E-state index in [9.17, 15) is 9.59 Å². The number of aryl methyl sites for hydroxylation is 1. The van der Waals surface area contributed by atoms with Gasteiger partial charge in [-0.05, 0) is 24.1 Å². The molecule has 1 heterocycles. The Balaban J connectivity index is 2.29. The molecule has 1 unspecified atom stereocenters. The first-order chi connectivity index (χ1) is 8.90. The van der Waals surface area contributed by atoms with Gasteiger partial charge >= 0.3 is 5.76 Å². The number of hydrogen-bond donors (Lipinski definition) is 2. The van der Waals surface area contributed by atoms with E-state index in [1.807, 2.05) is 0 Å². The van der Waals surface area contributed by atoms with Gasteiger partial charge in [-0.25, -0.2) is 10.6 Å². The number of nitrogens with zero attached hydrogens (tertiary/aromatic N) is 2. The van der Waals surface area contributed by atoms with Crippen LogP contribution >= 0.6 is 0 Å². The van der Waals surface area contributed by atoms with Gasteiger partial charge in [0.1, 0.15) is 0 Å². The van der Waals surface area contributed by atoms with Gasteiger partial charge in [0.2, 0.25) is 0 Å². The van der Waals surface area contributed by atoms with Crippen LogP contribution in [-0.2, 0) is 18.3 Å². The van der Waals surface area contributed by atoms with E-state index in [-0.39, 0.29) is 5.91 Å². The van der Waals surface area contributed by atoms with Crippen LogP contribution in [0.15, 0.2) is 27.4 Å². The molecule has 19 heavy (non-hydrogen) atoms. The molecule has 4 N–H and O–H groups in total. The Hall–Kier alpha value is -2.12. The van der Waals surface area contributed by atoms with Gasteiger partial charge in [0.15, 0.2) is 5.58 Å². The van der Waals surface area contributed by atoms with Crippen LogP contribution in [0.2, 0.25) is 0 Å². The zero-order chi connectivity index (χ0) is 14.2. The summed E-state index contributed by atoms with van der Waals surface area (Å²) in [5, 5.41) is 0.969. The van der Waals surface area contributed by atoms with Crippen LogP contribution in [0.3, 0.4) is 0 Å². The van der Waals surface area contributed by atoms with Crippen molar-refractivity contribution in [2.75, 3.05) is 7.05 Å². The molecule has 1 aromatic heterocycles. The molecule has 1 amide bonds. The SMILES string of the molecule is CN(N)C(=O)C(N)Cc1ccc2oc(=O)n(C)c2c1. The highest BCUT2D eigenvalue weighted by Crippen LogP contribution is 2.15. The number of hydrazine groups is 1. The third-order valence-electron chi connectivity index (χ3n) is 2.98. The van der Waals surface area contributed by atoms with E-state index in [1.165, 1.54) is 11.6 Å². The summed E-state index contributed by atoms with van der Waals surface area (Å²) in [7, 11) is 3.07. The van der Waals surface area contributed by atoms with E-state index < -0.39 is 11.8 Å². The molecule has 2 rings (SSSR count). The van der Waals surface area contributed by atoms with E-state index in [4.69, 9.17) is 16.0 Å². The molecule has 0 radical (unpaired) electrons. The van der Waals surface area contributed by atoms with Crippen molar-refractivity contribution in [2.45, 2.75) is 12.5 Å². The first-order valence-corrected chi connectivity index (χ1v) is 5.76. The molecule has 0 aliphatic carbocycles. The third kappa shape index (κ3) is 2.51. The Morgan fingerprint density at radius 1 is 1.53 bits per heavy atom. The van der Waals surface area contributed by atoms with Gasteiger partial charge in [-0.1, -0.05) is 6.07 Å². The third-order valence-corrected chi connectivity index (χ3v) is 2.98. The molecule has 0 bridgehead atoms. The molecule has 1 aromatic carbocycles. The minimum Gasteiger partial charge on any atom is -0.408 e. The highest BCUT2D eigenvalue weighted by atomic mass is 16.4. The fourth-order valence-corrected chi connectivity index (χ4v) is 1.90. The average Bonchev–Trinajstić information content (AvgIpc) is 2.64. The fraction of sp³-hybridized carbons (Fsp3) is 0.333. The number of carbonyl (C=O) groups is 1. The highest BCUT2D eigenvalue weighted by molar-refractivity contribution is 5.81. The highest BCUT2D eigenvalue weighted by Gasteiger charge is 2.17. The minimum absolute atomic E-state index is 0.343. The van der Waals surface area contributed by atoms with Gasteiger partial charge in [-0.3, -0.25) is 14.4 Å². The van der Waals surface area contributed by atoms with Crippen molar-refractivity contribution >= 4 is 17.0 Å². The van der Waals surface area contributed by atoms with Gasteiger partial charge < -0.3 is 10.2 Å². The number of likely N-dealkylation sites (N-methyl/N-ethyl adjacent to an activating group) is 1. The molecule has 102 valence electrons. The molecular weight excluding hydrogens is 248 g/mol. The van der Waals surface area contributed by atoms with Crippen molar-refractivity contribution in [3.8, 4) is 0 Å². The van der Waals surface area contributed by atoms with Crippen LogP contribution in [0.25, 0.3) is 11.1 Å². The molecule has 2 aromatic rings. The summed E-state index contributed by atoms with van der Waals surface area (Å²) in [6, 6.07) is 4.53. The van der Waals surface area contributed by atoms with E-state index >= 15 is 0 Å². The first kappa shape index (κ1) is 13.3. The summed E-state index contributed by atoms with van der Waals surface area (Å²) in [5.41, 5.74) is 7.79. The number of aromatic nitrogens is 1. The Labute approximate surface area is 109 Å². The van der Waals surface area contributed by atoms with Crippen LogP contribution < -0.4 is 17.3 Å². The van der Waals surface area contributed by atoms with Gasteiger partial charge in [0, 0.05) is 14.1 Å². The number of carbonyl (C=O) groups excluding carboxylic acids is 1. The average molecular weight is 264 g/mol. The Kier molecular flexibility index (Phi) is 3.41. The standard InChI is InChI=1S/C12H16N4O3/c1-15-9-6-7(3-4-10(9)19-12(15)18)5-8(13)11(17)16(2)14/h3-4,6,8H,5,13-14H2,1-2H3. The Bertz CT molecular complexity index is 671. The zero-order valence-electron chi connectivity index (χ0n) is 10.8. The van der Waals surface area contributed by atoms with Crippen molar-refractivity contribution in [3.05, 3.63) is 34.3 Å². The lowest BCUT2D eigenvalue weighted by Gasteiger charge is -2.16. The summed E-state index contributed by atoms with van der Waals surface area (Å²) in [6.07, 6.45) is 0.343. The second kappa shape index (κ2) is 4.87. The normalized spacial score (nSPS) is 12.6. The lowest BCUT2D eigenvalue weighted by Crippen LogP contribution is -2.46. The molecule has 0 fully saturated rings. The minimum atomic E-state index is -0.712. The largest absolute Gasteiger partial charge is 0.419 e. The van der Waals surface area contributed by atoms with Crippen molar-refractivity contribution in [2.24, 2.45) is 18.6 Å². The fourth-order valence-electron chi connectivity index (χ4n) is 1.90. The molecule has 7 nitrogen and oxygen atoms in total. The van der Waals surface area contributed by atoms with Crippen LogP contribution in [0.5, 0.6) is 0 Å². The molecule has 0 saturated carbocycles. The van der Waals surface area contributed by atoms with E-state index in [2.05, 4.69) is 0 Å². The van der Waals surface area contributed by atoms with E-state index in [0.29, 0.717) is 17.5 Å². The Morgan fingerprint density at radius 2 is 2.21 bits per heavy atom. The second-order valence-corrected chi connectivity index (χ2v) is 4.49. The van der Waals surface area contributed by atoms with Crippen LogP contribution in [0.4, 0.5) is 0 Å². The van der Waals surface area contributed by atoms with E-state index in [0.717, 1.165) is 10.6 Å². The van der Waals surface area contributed by atoms with Crippen molar-refractivity contribution in [1.29, 1.82) is 0 Å². The van der Waals surface area contributed by atoms with Gasteiger partial charge in [-0.15, -0.1) is 0 Å². The van der Waals surface area contributed by atoms with Crippen LogP contribution in [0.1, 0.15) is 5.56 Å². The van der Waals surface area contributed by atoms with Crippen molar-refractivity contribution < 1.29 is 9.21 Å². The number of oxazole rings is 1. The zero-order valence-corrected chi connectivity index (χ0v) is 10.8. The van der Waals surface area contributed by atoms with Crippen LogP contribution in [0, 0.1) is 0 Å². The number of hydrogen-bond acceptors (Lipinski definition) is 5. The summed E-state index contributed by atoms with van der Waals surface area (Å²) in [4.78, 5) is 22.9. The van der Waals surface area contributed by atoms with Crippen LogP contribution in [-0.4, -0.2) is 28.6 Å². The topological polar surface area (TPSA) is 107 Å². The molecule has 0 aliphatic rings. The summed E-state index contributed by atoms with van der Waals surface area (Å²) in [6.45, 7) is 0. The lowest BCUT2D eigenvalue weighted by molar-refractivity contribution is -0.131. The van der Waals surface area contributed by atoms with Crippen molar-refractivity contribution in [1.82, 2.24) is 9.58 Å². The van der Waals surface area contributed by atoms with Gasteiger partial charge in [0.05, 0.1) is 11.6 Å². The summed E-state index contributed by atoms with van der Waals surface area (Å²) in [5.74, 6) is 4.58. The Morgan fingerprint density at radius 3 is 2.84 bits per heavy atom. The molecule has 0 saturated heterocycles. The molecule has 0 aliphatic heterocycles. The number of benzene rings is 1. The molecule has 0 spiro atoms. The predicted molar refractivity (Wildman–Crippen MR) is 70.1 cm³/mol. The maximum atomic E-state index is 11.6. The maximum Gasteiger partial charge on any atom is 0.419 e. The molecular formula is C12H16N4O3. The number of amides is 1. The van der Waals surface area contributed by atoms with Crippen molar-refractivity contribution in [3.63, 3.8) is 0 Å². The quantitative estimate of drug-likeness (QED) is 0.434. The monoisotopic (exact) mass is 264 g/mol. The number of rotatable bonds is 3. The first-order valence-electron chi connectivity index (χ1n) is 5.76. The van der Waals surface area contributed by atoms with E-state index in [1.54, 1.807) is 25.2 Å². The number of fused-ring (bicyclic) bond motifs is 1. The lowest BCUT2D eigenvalue weighted by atomic mass is 10.1. The second-order valence-electron chi connectivity index (χ2n) is 4.49. The molecule has 1 atom stereocenters. The molecule has 7 heteroatoms. The number of nitrogens with two attached hydrogens (primary N) is 2. The summed E-state index contributed by atoms with van der Waals surface area (Å²) >= 11 is 0. The summed E-state index contributed by atoms with van der Waals surface area (Å²) < 4.78 is 6.43. The predicted octanol–water partition coefficient (Wildman–Crippen LogP) is -0.667. The van der Waals surface area contributed by atoms with Gasteiger partial charge in [-0.2, -0.15) is 0 Å². The van der Waals surface area contributed by atoms with Gasteiger partial charge in [0.25, 0.3) is 5.91 Å². The smallest absolute Gasteiger partial charge is 0.408 e.